The molecule has 1 fully saturated rings. The molecule has 1 saturated heterocycles. The molecule has 1 aromatic rings. The van der Waals surface area contributed by atoms with Crippen LogP contribution in [0.15, 0.2) is 24.3 Å². The van der Waals surface area contributed by atoms with Crippen molar-refractivity contribution in [3.63, 3.8) is 0 Å². The van der Waals surface area contributed by atoms with Crippen molar-refractivity contribution in [2.45, 2.75) is 32.4 Å². The van der Waals surface area contributed by atoms with Gasteiger partial charge < -0.3 is 10.2 Å². The first-order valence-corrected chi connectivity index (χ1v) is 8.02. The number of carbonyl (C=O) groups excluding carboxylic acids is 1. The molecule has 4 nitrogen and oxygen atoms in total. The largest absolute Gasteiger partial charge is 0.339 e. The maximum atomic E-state index is 12.9. The average molecular weight is 287 g/mol. The number of rotatable bonds is 2. The van der Waals surface area contributed by atoms with Crippen LogP contribution >= 0.6 is 0 Å². The van der Waals surface area contributed by atoms with E-state index in [1.54, 1.807) is 0 Å². The molecule has 0 radical (unpaired) electrons. The molecule has 1 N–H and O–H groups in total. The van der Waals surface area contributed by atoms with Gasteiger partial charge in [0.2, 0.25) is 5.91 Å². The van der Waals surface area contributed by atoms with Crippen LogP contribution in [0.25, 0.3) is 0 Å². The summed E-state index contributed by atoms with van der Waals surface area (Å²) in [5.41, 5.74) is 2.48. The lowest BCUT2D eigenvalue weighted by Crippen LogP contribution is -2.55. The van der Waals surface area contributed by atoms with Crippen molar-refractivity contribution in [1.82, 2.24) is 15.1 Å². The van der Waals surface area contributed by atoms with Crippen molar-refractivity contribution in [2.75, 3.05) is 32.7 Å². The number of nitrogens with zero attached hydrogens (tertiary/aromatic N) is 2. The van der Waals surface area contributed by atoms with Crippen LogP contribution in [-0.4, -0.2) is 54.5 Å². The van der Waals surface area contributed by atoms with E-state index < -0.39 is 0 Å². The zero-order chi connectivity index (χ0) is 14.8. The number of amides is 1. The van der Waals surface area contributed by atoms with Crippen LogP contribution in [-0.2, 0) is 11.3 Å². The molecule has 0 spiro atoms. The minimum absolute atomic E-state index is 0.0182. The highest BCUT2D eigenvalue weighted by Crippen LogP contribution is 2.26. The molecule has 3 rings (SSSR count). The van der Waals surface area contributed by atoms with Crippen LogP contribution in [0.2, 0.25) is 0 Å². The van der Waals surface area contributed by atoms with E-state index in [0.29, 0.717) is 6.04 Å². The Morgan fingerprint density at radius 2 is 2.14 bits per heavy atom. The Hall–Kier alpha value is -1.39. The van der Waals surface area contributed by atoms with Crippen LogP contribution in [0.3, 0.4) is 0 Å². The Labute approximate surface area is 127 Å². The third-order valence-electron chi connectivity index (χ3n) is 4.88. The van der Waals surface area contributed by atoms with E-state index in [2.05, 4.69) is 47.2 Å². The molecule has 114 valence electrons. The highest BCUT2D eigenvalue weighted by molar-refractivity contribution is 5.85. The Balaban J connectivity index is 1.75. The summed E-state index contributed by atoms with van der Waals surface area (Å²) in [5, 5.41) is 3.38. The van der Waals surface area contributed by atoms with E-state index in [-0.39, 0.29) is 11.8 Å². The van der Waals surface area contributed by atoms with Crippen molar-refractivity contribution in [2.24, 2.45) is 0 Å². The highest BCUT2D eigenvalue weighted by atomic mass is 16.2. The average Bonchev–Trinajstić information content (AvgIpc) is 2.53. The van der Waals surface area contributed by atoms with Crippen LogP contribution in [0.4, 0.5) is 0 Å². The number of nitrogens with one attached hydrogen (secondary N) is 1. The van der Waals surface area contributed by atoms with Crippen LogP contribution in [0.1, 0.15) is 30.9 Å². The van der Waals surface area contributed by atoms with Gasteiger partial charge in [-0.05, 0) is 24.6 Å². The van der Waals surface area contributed by atoms with Gasteiger partial charge in [-0.15, -0.1) is 0 Å². The first kappa shape index (κ1) is 14.5. The fourth-order valence-corrected chi connectivity index (χ4v) is 3.60. The molecule has 2 unspecified atom stereocenters. The second kappa shape index (κ2) is 6.16. The van der Waals surface area contributed by atoms with E-state index in [0.717, 1.165) is 39.3 Å². The zero-order valence-corrected chi connectivity index (χ0v) is 13.0. The van der Waals surface area contributed by atoms with Gasteiger partial charge in [0.05, 0.1) is 5.92 Å². The second-order valence-electron chi connectivity index (χ2n) is 6.14. The molecule has 21 heavy (non-hydrogen) atoms. The summed E-state index contributed by atoms with van der Waals surface area (Å²) in [7, 11) is 0. The maximum Gasteiger partial charge on any atom is 0.231 e. The van der Waals surface area contributed by atoms with Gasteiger partial charge in [0, 0.05) is 38.8 Å². The fourth-order valence-electron chi connectivity index (χ4n) is 3.60. The molecule has 0 aliphatic carbocycles. The lowest BCUT2D eigenvalue weighted by Gasteiger charge is -2.41. The summed E-state index contributed by atoms with van der Waals surface area (Å²) in [6.45, 7) is 9.81. The Kier molecular flexibility index (Phi) is 4.27. The number of piperazine rings is 1. The van der Waals surface area contributed by atoms with E-state index in [1.165, 1.54) is 11.1 Å². The molecule has 0 aromatic heterocycles. The topological polar surface area (TPSA) is 35.6 Å². The van der Waals surface area contributed by atoms with Gasteiger partial charge in [0.25, 0.3) is 0 Å². The highest BCUT2D eigenvalue weighted by Gasteiger charge is 2.33. The normalized spacial score (nSPS) is 26.5. The van der Waals surface area contributed by atoms with E-state index in [4.69, 9.17) is 0 Å². The fraction of sp³-hybridized carbons (Fsp3) is 0.588. The minimum atomic E-state index is -0.0182. The molecule has 2 aliphatic rings. The van der Waals surface area contributed by atoms with Gasteiger partial charge in [0.1, 0.15) is 0 Å². The number of likely N-dealkylation sites (N-methyl/N-ethyl adjacent to an activating group) is 1. The van der Waals surface area contributed by atoms with Crippen molar-refractivity contribution in [3.05, 3.63) is 35.4 Å². The summed E-state index contributed by atoms with van der Waals surface area (Å²) in [4.78, 5) is 17.4. The molecule has 0 saturated carbocycles. The van der Waals surface area contributed by atoms with Crippen LogP contribution in [0.5, 0.6) is 0 Å². The van der Waals surface area contributed by atoms with Gasteiger partial charge >= 0.3 is 0 Å². The Morgan fingerprint density at radius 3 is 2.90 bits per heavy atom. The number of hydrogen-bond donors (Lipinski definition) is 1. The quantitative estimate of drug-likeness (QED) is 0.894. The number of benzene rings is 1. The molecular weight excluding hydrogens is 262 g/mol. The third-order valence-corrected chi connectivity index (χ3v) is 4.88. The van der Waals surface area contributed by atoms with E-state index in [9.17, 15) is 4.79 Å². The van der Waals surface area contributed by atoms with Crippen molar-refractivity contribution >= 4 is 5.91 Å². The lowest BCUT2D eigenvalue weighted by atomic mass is 9.89. The van der Waals surface area contributed by atoms with Crippen molar-refractivity contribution in [3.8, 4) is 0 Å². The Morgan fingerprint density at radius 1 is 1.33 bits per heavy atom. The first-order chi connectivity index (χ1) is 10.2. The van der Waals surface area contributed by atoms with E-state index >= 15 is 0 Å². The molecule has 2 atom stereocenters. The summed E-state index contributed by atoms with van der Waals surface area (Å²) in [6.07, 6.45) is 0. The minimum Gasteiger partial charge on any atom is -0.339 e. The van der Waals surface area contributed by atoms with Crippen molar-refractivity contribution in [1.29, 1.82) is 0 Å². The van der Waals surface area contributed by atoms with Crippen molar-refractivity contribution < 1.29 is 4.79 Å². The predicted octanol–water partition coefficient (Wildman–Crippen LogP) is 1.43. The van der Waals surface area contributed by atoms with Gasteiger partial charge in [-0.1, -0.05) is 31.2 Å². The standard InChI is InChI=1S/C17H25N3O/c1-3-19-8-9-20(12-13(19)2)17(21)16-11-18-10-14-6-4-5-7-15(14)16/h4-7,13,16,18H,3,8-12H2,1-2H3. The SMILES string of the molecule is CCN1CCN(C(=O)C2CNCc3ccccc32)CC1C. The van der Waals surface area contributed by atoms with Gasteiger partial charge in [-0.2, -0.15) is 0 Å². The third kappa shape index (κ3) is 2.83. The lowest BCUT2D eigenvalue weighted by molar-refractivity contribution is -0.135. The van der Waals surface area contributed by atoms with Crippen LogP contribution in [0, 0.1) is 0 Å². The number of fused-ring (bicyclic) bond motifs is 1. The molecule has 2 aliphatic heterocycles. The first-order valence-electron chi connectivity index (χ1n) is 8.02. The Bertz CT molecular complexity index is 517. The second-order valence-corrected chi connectivity index (χ2v) is 6.14. The summed E-state index contributed by atoms with van der Waals surface area (Å²) in [6, 6.07) is 8.79. The predicted molar refractivity (Wildman–Crippen MR) is 84.2 cm³/mol. The molecule has 1 amide bonds. The number of hydrogen-bond acceptors (Lipinski definition) is 3. The maximum absolute atomic E-state index is 12.9. The molecule has 4 heteroatoms. The summed E-state index contributed by atoms with van der Waals surface area (Å²) >= 11 is 0. The summed E-state index contributed by atoms with van der Waals surface area (Å²) in [5.74, 6) is 0.271. The van der Waals surface area contributed by atoms with Gasteiger partial charge in [0.15, 0.2) is 0 Å². The zero-order valence-electron chi connectivity index (χ0n) is 13.0. The monoisotopic (exact) mass is 287 g/mol. The van der Waals surface area contributed by atoms with E-state index in [1.807, 2.05) is 6.07 Å². The van der Waals surface area contributed by atoms with Gasteiger partial charge in [-0.3, -0.25) is 9.69 Å². The molecule has 2 heterocycles. The smallest absolute Gasteiger partial charge is 0.231 e. The van der Waals surface area contributed by atoms with Crippen LogP contribution < -0.4 is 5.32 Å². The van der Waals surface area contributed by atoms with Gasteiger partial charge in [-0.25, -0.2) is 0 Å². The molecule has 0 bridgehead atoms. The molecular formula is C17H25N3O. The number of carbonyl (C=O) groups is 1. The summed E-state index contributed by atoms with van der Waals surface area (Å²) < 4.78 is 0. The molecule has 1 aromatic carbocycles.